The lowest BCUT2D eigenvalue weighted by atomic mass is 10.2. The number of nitrogens with two attached hydrogens (primary N) is 1. The molecule has 0 aliphatic heterocycles. The molecule has 1 aromatic carbocycles. The summed E-state index contributed by atoms with van der Waals surface area (Å²) in [4.78, 5) is 0. The fraction of sp³-hybridized carbons (Fsp3) is 0.143. The van der Waals surface area contributed by atoms with E-state index in [9.17, 15) is 0 Å². The van der Waals surface area contributed by atoms with E-state index >= 15 is 0 Å². The minimum Gasteiger partial charge on any atom is -0.326 e. The molecule has 11 heavy (non-hydrogen) atoms. The highest BCUT2D eigenvalue weighted by atomic mass is 127. The van der Waals surface area contributed by atoms with Crippen molar-refractivity contribution < 1.29 is 0 Å². The van der Waals surface area contributed by atoms with E-state index in [1.807, 2.05) is 12.1 Å². The van der Waals surface area contributed by atoms with Crippen LogP contribution in [0.2, 0.25) is 5.02 Å². The van der Waals surface area contributed by atoms with E-state index in [0.29, 0.717) is 6.54 Å². The standard InChI is InChI=1S/C7H6BrClIN/c8-5-1-2-6(10)4(3-11)7(5)9/h1-2H,3,11H2. The summed E-state index contributed by atoms with van der Waals surface area (Å²) < 4.78 is 2.01. The van der Waals surface area contributed by atoms with E-state index in [0.717, 1.165) is 18.6 Å². The lowest BCUT2D eigenvalue weighted by Gasteiger charge is -2.04. The molecule has 4 heteroatoms. The molecular formula is C7H6BrClIN. The molecule has 2 N–H and O–H groups in total. The first kappa shape index (κ1) is 9.77. The van der Waals surface area contributed by atoms with Gasteiger partial charge in [-0.25, -0.2) is 0 Å². The largest absolute Gasteiger partial charge is 0.326 e. The molecule has 0 amide bonds. The summed E-state index contributed by atoms with van der Waals surface area (Å²) in [6.07, 6.45) is 0. The van der Waals surface area contributed by atoms with Gasteiger partial charge in [-0.3, -0.25) is 0 Å². The van der Waals surface area contributed by atoms with Crippen LogP contribution in [0.4, 0.5) is 0 Å². The van der Waals surface area contributed by atoms with Crippen LogP contribution in [-0.4, -0.2) is 0 Å². The van der Waals surface area contributed by atoms with Gasteiger partial charge >= 0.3 is 0 Å². The van der Waals surface area contributed by atoms with Gasteiger partial charge in [0.1, 0.15) is 0 Å². The van der Waals surface area contributed by atoms with Crippen molar-refractivity contribution in [3.05, 3.63) is 30.8 Å². The molecule has 0 spiro atoms. The lowest BCUT2D eigenvalue weighted by molar-refractivity contribution is 1.06. The lowest BCUT2D eigenvalue weighted by Crippen LogP contribution is -2.00. The third kappa shape index (κ3) is 2.08. The summed E-state index contributed by atoms with van der Waals surface area (Å²) in [5.74, 6) is 0. The van der Waals surface area contributed by atoms with Gasteiger partial charge in [0.05, 0.1) is 5.02 Å². The van der Waals surface area contributed by atoms with Crippen molar-refractivity contribution in [3.8, 4) is 0 Å². The van der Waals surface area contributed by atoms with Crippen molar-refractivity contribution in [1.82, 2.24) is 0 Å². The van der Waals surface area contributed by atoms with Gasteiger partial charge in [-0.05, 0) is 56.2 Å². The highest BCUT2D eigenvalue weighted by molar-refractivity contribution is 14.1. The van der Waals surface area contributed by atoms with Crippen molar-refractivity contribution in [2.45, 2.75) is 6.54 Å². The summed E-state index contributed by atoms with van der Waals surface area (Å²) >= 11 is 11.5. The summed E-state index contributed by atoms with van der Waals surface area (Å²) in [5.41, 5.74) is 6.51. The smallest absolute Gasteiger partial charge is 0.0603 e. The first-order valence-electron chi connectivity index (χ1n) is 2.99. The van der Waals surface area contributed by atoms with Gasteiger partial charge in [-0.1, -0.05) is 11.6 Å². The van der Waals surface area contributed by atoms with Gasteiger partial charge in [-0.2, -0.15) is 0 Å². The monoisotopic (exact) mass is 345 g/mol. The third-order valence-corrected chi connectivity index (χ3v) is 3.67. The molecule has 0 aliphatic carbocycles. The minimum absolute atomic E-state index is 0.483. The summed E-state index contributed by atoms with van der Waals surface area (Å²) in [7, 11) is 0. The average Bonchev–Trinajstić information content (AvgIpc) is 1.99. The third-order valence-electron chi connectivity index (χ3n) is 1.34. The van der Waals surface area contributed by atoms with Crippen LogP contribution in [0.5, 0.6) is 0 Å². The van der Waals surface area contributed by atoms with Gasteiger partial charge in [0.15, 0.2) is 0 Å². The van der Waals surface area contributed by atoms with Crippen LogP contribution < -0.4 is 5.73 Å². The van der Waals surface area contributed by atoms with Crippen molar-refractivity contribution in [1.29, 1.82) is 0 Å². The molecule has 0 radical (unpaired) electrons. The van der Waals surface area contributed by atoms with E-state index in [-0.39, 0.29) is 0 Å². The Morgan fingerprint density at radius 3 is 2.64 bits per heavy atom. The summed E-state index contributed by atoms with van der Waals surface area (Å²) in [6.45, 7) is 0.483. The molecule has 0 heterocycles. The van der Waals surface area contributed by atoms with Crippen LogP contribution >= 0.6 is 50.1 Å². The van der Waals surface area contributed by atoms with Gasteiger partial charge < -0.3 is 5.73 Å². The first-order chi connectivity index (χ1) is 5.16. The molecule has 0 aromatic heterocycles. The maximum Gasteiger partial charge on any atom is 0.0603 e. The van der Waals surface area contributed by atoms with Crippen molar-refractivity contribution in [2.75, 3.05) is 0 Å². The molecule has 60 valence electrons. The SMILES string of the molecule is NCc1c(I)ccc(Br)c1Cl. The van der Waals surface area contributed by atoms with Crippen LogP contribution in [-0.2, 0) is 6.54 Å². The Morgan fingerprint density at radius 1 is 1.55 bits per heavy atom. The zero-order valence-corrected chi connectivity index (χ0v) is 10.1. The fourth-order valence-corrected chi connectivity index (χ4v) is 2.20. The number of rotatable bonds is 1. The van der Waals surface area contributed by atoms with Crippen LogP contribution in [0.15, 0.2) is 16.6 Å². The highest BCUT2D eigenvalue weighted by Gasteiger charge is 2.05. The topological polar surface area (TPSA) is 26.0 Å². The zero-order chi connectivity index (χ0) is 8.43. The van der Waals surface area contributed by atoms with Gasteiger partial charge in [0.2, 0.25) is 0 Å². The summed E-state index contributed by atoms with van der Waals surface area (Å²) in [5, 5.41) is 0.722. The Bertz CT molecular complexity index is 277. The molecular weight excluding hydrogens is 340 g/mol. The molecule has 0 saturated carbocycles. The number of benzene rings is 1. The number of hydrogen-bond acceptors (Lipinski definition) is 1. The highest BCUT2D eigenvalue weighted by Crippen LogP contribution is 2.29. The molecule has 0 saturated heterocycles. The Kier molecular flexibility index (Phi) is 3.61. The van der Waals surface area contributed by atoms with Gasteiger partial charge in [0, 0.05) is 14.6 Å². The Balaban J connectivity index is 3.29. The first-order valence-corrected chi connectivity index (χ1v) is 5.24. The van der Waals surface area contributed by atoms with Crippen LogP contribution in [0, 0.1) is 3.57 Å². The molecule has 0 bridgehead atoms. The number of hydrogen-bond donors (Lipinski definition) is 1. The van der Waals surface area contributed by atoms with Crippen molar-refractivity contribution in [2.24, 2.45) is 5.73 Å². The van der Waals surface area contributed by atoms with Crippen LogP contribution in [0.25, 0.3) is 0 Å². The van der Waals surface area contributed by atoms with Crippen LogP contribution in [0.3, 0.4) is 0 Å². The predicted molar refractivity (Wildman–Crippen MR) is 59.8 cm³/mol. The van der Waals surface area contributed by atoms with Crippen molar-refractivity contribution >= 4 is 50.1 Å². The number of halogens is 3. The second-order valence-corrected chi connectivity index (χ2v) is 4.42. The zero-order valence-electron chi connectivity index (χ0n) is 5.57. The van der Waals surface area contributed by atoms with Gasteiger partial charge in [-0.15, -0.1) is 0 Å². The van der Waals surface area contributed by atoms with E-state index in [1.54, 1.807) is 0 Å². The van der Waals surface area contributed by atoms with E-state index in [1.165, 1.54) is 0 Å². The molecule has 1 aromatic rings. The molecule has 1 nitrogen and oxygen atoms in total. The second kappa shape index (κ2) is 4.07. The quantitative estimate of drug-likeness (QED) is 0.613. The van der Waals surface area contributed by atoms with Crippen molar-refractivity contribution in [3.63, 3.8) is 0 Å². The van der Waals surface area contributed by atoms with Crippen LogP contribution in [0.1, 0.15) is 5.56 Å². The fourth-order valence-electron chi connectivity index (χ4n) is 0.756. The van der Waals surface area contributed by atoms with E-state index in [4.69, 9.17) is 17.3 Å². The van der Waals surface area contributed by atoms with Gasteiger partial charge in [0.25, 0.3) is 0 Å². The summed E-state index contributed by atoms with van der Waals surface area (Å²) in [6, 6.07) is 3.90. The maximum absolute atomic E-state index is 5.97. The molecule has 0 atom stereocenters. The van der Waals surface area contributed by atoms with E-state index in [2.05, 4.69) is 38.5 Å². The Morgan fingerprint density at radius 2 is 2.18 bits per heavy atom. The molecule has 0 aliphatic rings. The molecule has 0 unspecified atom stereocenters. The van der Waals surface area contributed by atoms with E-state index < -0.39 is 0 Å². The predicted octanol–water partition coefficient (Wildman–Crippen LogP) is 3.17. The molecule has 0 fully saturated rings. The second-order valence-electron chi connectivity index (χ2n) is 2.03. The Labute approximate surface area is 92.6 Å². The minimum atomic E-state index is 0.483. The average molecular weight is 346 g/mol. The molecule has 1 rings (SSSR count). The Hall–Kier alpha value is 0.680. The normalized spacial score (nSPS) is 10.2. The maximum atomic E-state index is 5.97.